The van der Waals surface area contributed by atoms with Gasteiger partial charge in [0.05, 0.1) is 5.75 Å². The van der Waals surface area contributed by atoms with Gasteiger partial charge in [0.25, 0.3) is 0 Å². The van der Waals surface area contributed by atoms with Gasteiger partial charge in [-0.15, -0.1) is 0 Å². The van der Waals surface area contributed by atoms with Gasteiger partial charge < -0.3 is 10.3 Å². The fraction of sp³-hybridized carbons (Fsp3) is 0.625. The molecule has 0 fully saturated rings. The Hall–Kier alpha value is -1.04. The number of sulfone groups is 1. The van der Waals surface area contributed by atoms with Gasteiger partial charge in [-0.25, -0.2) is 13.4 Å². The summed E-state index contributed by atoms with van der Waals surface area (Å²) in [5, 5.41) is 2.97. The molecule has 0 amide bonds. The van der Waals surface area contributed by atoms with Crippen LogP contribution in [0.2, 0.25) is 0 Å². The van der Waals surface area contributed by atoms with Gasteiger partial charge in [0.1, 0.15) is 9.84 Å². The Labute approximate surface area is 83.9 Å². The number of hydrogen-bond donors (Lipinski definition) is 2. The zero-order valence-electron chi connectivity index (χ0n) is 8.53. The van der Waals surface area contributed by atoms with E-state index in [1.807, 2.05) is 6.92 Å². The van der Waals surface area contributed by atoms with Crippen LogP contribution in [0, 0.1) is 6.92 Å². The fourth-order valence-electron chi connectivity index (χ4n) is 1.22. The molecule has 0 radical (unpaired) electrons. The molecule has 6 heteroatoms. The molecule has 14 heavy (non-hydrogen) atoms. The molecule has 80 valence electrons. The molecule has 0 aliphatic rings. The number of anilines is 1. The largest absolute Gasteiger partial charge is 0.352 e. The number of aromatic amines is 1. The Balaban J connectivity index is 2.53. The predicted octanol–water partition coefficient (Wildman–Crippen LogP) is 0.563. The minimum atomic E-state index is -2.94. The molecule has 0 spiro atoms. The van der Waals surface area contributed by atoms with E-state index in [1.165, 1.54) is 6.26 Å². The minimum absolute atomic E-state index is 0.104. The van der Waals surface area contributed by atoms with Gasteiger partial charge in [-0.3, -0.25) is 0 Å². The maximum atomic E-state index is 11.0. The van der Waals surface area contributed by atoms with Crippen molar-refractivity contribution in [2.75, 3.05) is 17.3 Å². The zero-order chi connectivity index (χ0) is 10.8. The molecule has 0 aliphatic carbocycles. The van der Waals surface area contributed by atoms with Crippen LogP contribution in [-0.4, -0.2) is 36.4 Å². The van der Waals surface area contributed by atoms with Crippen LogP contribution in [0.1, 0.15) is 12.6 Å². The first-order chi connectivity index (χ1) is 6.37. The summed E-state index contributed by atoms with van der Waals surface area (Å²) in [4.78, 5) is 7.00. The van der Waals surface area contributed by atoms with E-state index in [4.69, 9.17) is 0 Å². The van der Waals surface area contributed by atoms with Gasteiger partial charge in [-0.05, 0) is 13.8 Å². The van der Waals surface area contributed by atoms with E-state index in [0.717, 1.165) is 5.69 Å². The van der Waals surface area contributed by atoms with E-state index >= 15 is 0 Å². The Kier molecular flexibility index (Phi) is 3.15. The molecule has 1 heterocycles. The van der Waals surface area contributed by atoms with E-state index in [-0.39, 0.29) is 11.8 Å². The van der Waals surface area contributed by atoms with Crippen LogP contribution in [-0.2, 0) is 9.84 Å². The molecule has 1 unspecified atom stereocenters. The fourth-order valence-corrected chi connectivity index (χ4v) is 2.21. The topological polar surface area (TPSA) is 74.8 Å². The molecule has 0 bridgehead atoms. The van der Waals surface area contributed by atoms with E-state index in [2.05, 4.69) is 15.3 Å². The molecule has 1 aromatic heterocycles. The van der Waals surface area contributed by atoms with Crippen molar-refractivity contribution >= 4 is 15.8 Å². The molecule has 0 saturated carbocycles. The molecule has 0 aromatic carbocycles. The molecule has 0 saturated heterocycles. The van der Waals surface area contributed by atoms with Crippen LogP contribution in [0.25, 0.3) is 0 Å². The van der Waals surface area contributed by atoms with Gasteiger partial charge in [0.15, 0.2) is 0 Å². The maximum absolute atomic E-state index is 11.0. The first-order valence-electron chi connectivity index (χ1n) is 4.33. The lowest BCUT2D eigenvalue weighted by molar-refractivity contribution is 0.598. The number of H-pyrrole nitrogens is 1. The Morgan fingerprint density at radius 1 is 1.64 bits per heavy atom. The summed E-state index contributed by atoms with van der Waals surface area (Å²) < 4.78 is 21.9. The number of aryl methyl sites for hydroxylation is 1. The third-order valence-corrected chi connectivity index (χ3v) is 2.74. The maximum Gasteiger partial charge on any atom is 0.200 e. The lowest BCUT2D eigenvalue weighted by atomic mass is 10.4. The normalized spacial score (nSPS) is 13.9. The van der Waals surface area contributed by atoms with E-state index < -0.39 is 9.84 Å². The lowest BCUT2D eigenvalue weighted by Gasteiger charge is -2.10. The van der Waals surface area contributed by atoms with Crippen LogP contribution in [0.3, 0.4) is 0 Å². The highest BCUT2D eigenvalue weighted by molar-refractivity contribution is 7.90. The van der Waals surface area contributed by atoms with Crippen LogP contribution >= 0.6 is 0 Å². The smallest absolute Gasteiger partial charge is 0.200 e. The van der Waals surface area contributed by atoms with Crippen LogP contribution in [0.4, 0.5) is 5.95 Å². The second-order valence-corrected chi connectivity index (χ2v) is 5.74. The summed E-state index contributed by atoms with van der Waals surface area (Å²) >= 11 is 0. The van der Waals surface area contributed by atoms with Crippen LogP contribution in [0.15, 0.2) is 6.20 Å². The first-order valence-corrected chi connectivity index (χ1v) is 6.39. The molecule has 0 aliphatic heterocycles. The average molecular weight is 217 g/mol. The van der Waals surface area contributed by atoms with E-state index in [0.29, 0.717) is 5.95 Å². The van der Waals surface area contributed by atoms with E-state index in [1.54, 1.807) is 13.1 Å². The molecule has 1 atom stereocenters. The standard InChI is InChI=1S/C8H15N3O2S/c1-6-4-9-8(10-6)11-7(2)5-14(3,12)13/h4,7H,5H2,1-3H3,(H2,9,10,11). The number of aromatic nitrogens is 2. The van der Waals surface area contributed by atoms with Gasteiger partial charge in [-0.1, -0.05) is 0 Å². The summed E-state index contributed by atoms with van der Waals surface area (Å²) in [6, 6.07) is -0.143. The van der Waals surface area contributed by atoms with Gasteiger partial charge >= 0.3 is 0 Å². The average Bonchev–Trinajstić information content (AvgIpc) is 2.30. The molecular formula is C8H15N3O2S. The van der Waals surface area contributed by atoms with Crippen molar-refractivity contribution in [1.29, 1.82) is 0 Å². The van der Waals surface area contributed by atoms with Crippen molar-refractivity contribution in [3.63, 3.8) is 0 Å². The summed E-state index contributed by atoms with van der Waals surface area (Å²) in [5.74, 6) is 0.714. The van der Waals surface area contributed by atoms with Gasteiger partial charge in [-0.2, -0.15) is 0 Å². The van der Waals surface area contributed by atoms with Crippen molar-refractivity contribution in [3.8, 4) is 0 Å². The highest BCUT2D eigenvalue weighted by Gasteiger charge is 2.10. The summed E-state index contributed by atoms with van der Waals surface area (Å²) in [6.45, 7) is 3.69. The Morgan fingerprint density at radius 3 is 2.71 bits per heavy atom. The van der Waals surface area contributed by atoms with Crippen molar-refractivity contribution in [2.45, 2.75) is 19.9 Å². The van der Waals surface area contributed by atoms with Crippen molar-refractivity contribution in [1.82, 2.24) is 9.97 Å². The molecular weight excluding hydrogens is 202 g/mol. The van der Waals surface area contributed by atoms with Gasteiger partial charge in [0.2, 0.25) is 5.95 Å². The number of nitrogens with one attached hydrogen (secondary N) is 2. The first kappa shape index (κ1) is 11.0. The molecule has 1 aromatic rings. The van der Waals surface area contributed by atoms with Crippen LogP contribution in [0.5, 0.6) is 0 Å². The lowest BCUT2D eigenvalue weighted by Crippen LogP contribution is -2.25. The number of hydrogen-bond acceptors (Lipinski definition) is 4. The minimum Gasteiger partial charge on any atom is -0.352 e. The summed E-state index contributed by atoms with van der Waals surface area (Å²) in [5.41, 5.74) is 0.944. The third-order valence-electron chi connectivity index (χ3n) is 1.64. The quantitative estimate of drug-likeness (QED) is 0.773. The summed E-state index contributed by atoms with van der Waals surface area (Å²) in [6.07, 6.45) is 2.91. The van der Waals surface area contributed by atoms with Crippen LogP contribution < -0.4 is 5.32 Å². The summed E-state index contributed by atoms with van der Waals surface area (Å²) in [7, 11) is -2.94. The van der Waals surface area contributed by atoms with E-state index in [9.17, 15) is 8.42 Å². The van der Waals surface area contributed by atoms with Gasteiger partial charge in [0, 0.05) is 24.2 Å². The zero-order valence-corrected chi connectivity index (χ0v) is 9.35. The Bertz CT molecular complexity index is 396. The predicted molar refractivity (Wildman–Crippen MR) is 56.1 cm³/mol. The highest BCUT2D eigenvalue weighted by Crippen LogP contribution is 2.03. The SMILES string of the molecule is Cc1cnc(NC(C)CS(C)(=O)=O)[nH]1. The highest BCUT2D eigenvalue weighted by atomic mass is 32.2. The third kappa shape index (κ3) is 3.78. The second kappa shape index (κ2) is 4.00. The number of imidazole rings is 1. The Morgan fingerprint density at radius 2 is 2.29 bits per heavy atom. The molecule has 5 nitrogen and oxygen atoms in total. The molecule has 2 N–H and O–H groups in total. The second-order valence-electron chi connectivity index (χ2n) is 3.55. The number of nitrogens with zero attached hydrogens (tertiary/aromatic N) is 1. The monoisotopic (exact) mass is 217 g/mol. The van der Waals surface area contributed by atoms with Crippen molar-refractivity contribution < 1.29 is 8.42 Å². The van der Waals surface area contributed by atoms with Crippen molar-refractivity contribution in [2.24, 2.45) is 0 Å². The van der Waals surface area contributed by atoms with Crippen molar-refractivity contribution in [3.05, 3.63) is 11.9 Å². The molecule has 1 rings (SSSR count). The number of rotatable bonds is 4.